The van der Waals surface area contributed by atoms with Crippen LogP contribution in [0.3, 0.4) is 0 Å². The van der Waals surface area contributed by atoms with Crippen molar-refractivity contribution in [1.82, 2.24) is 19.8 Å². The van der Waals surface area contributed by atoms with Gasteiger partial charge < -0.3 is 19.5 Å². The first-order valence-corrected chi connectivity index (χ1v) is 7.64. The summed E-state index contributed by atoms with van der Waals surface area (Å²) in [6, 6.07) is -0.405. The number of nitrogens with zero attached hydrogens (tertiary/aromatic N) is 3. The van der Waals surface area contributed by atoms with Crippen molar-refractivity contribution in [3.8, 4) is 0 Å². The van der Waals surface area contributed by atoms with Gasteiger partial charge in [-0.25, -0.2) is 4.98 Å². The molecular formula is C15H24N4O3. The summed E-state index contributed by atoms with van der Waals surface area (Å²) in [5.74, 6) is 0.691. The molecule has 0 unspecified atom stereocenters. The molecule has 0 radical (unpaired) electrons. The summed E-state index contributed by atoms with van der Waals surface area (Å²) >= 11 is 0. The molecule has 1 aromatic rings. The second-order valence-electron chi connectivity index (χ2n) is 5.61. The molecule has 2 heterocycles. The number of carbonyl (C=O) groups is 2. The Morgan fingerprint density at radius 3 is 2.91 bits per heavy atom. The number of ether oxygens (including phenoxy) is 1. The van der Waals surface area contributed by atoms with E-state index in [1.165, 1.54) is 0 Å². The summed E-state index contributed by atoms with van der Waals surface area (Å²) in [4.78, 5) is 30.0. The van der Waals surface area contributed by atoms with E-state index in [9.17, 15) is 9.59 Å². The maximum Gasteiger partial charge on any atom is 0.246 e. The topological polar surface area (TPSA) is 76.5 Å². The Balaban J connectivity index is 2.09. The van der Waals surface area contributed by atoms with E-state index in [2.05, 4.69) is 10.3 Å². The standard InChI is InChI=1S/C15H24N4O3/c1-4-9-22-10-12(20)17-11-5-6-13(21)19(3)14(11)15-16-7-8-18(15)2/h7-8,11,14H,4-6,9-10H2,1-3H3,(H,17,20)/t11-,14-/m1/s1. The molecule has 2 atom stereocenters. The number of rotatable bonds is 6. The molecular weight excluding hydrogens is 284 g/mol. The van der Waals surface area contributed by atoms with Crippen LogP contribution in [-0.2, 0) is 21.4 Å². The summed E-state index contributed by atoms with van der Waals surface area (Å²) in [5, 5.41) is 2.98. The zero-order chi connectivity index (χ0) is 16.1. The highest BCUT2D eigenvalue weighted by atomic mass is 16.5. The Kier molecular flexibility index (Phi) is 5.54. The number of amides is 2. The number of hydrogen-bond acceptors (Lipinski definition) is 4. The fraction of sp³-hybridized carbons (Fsp3) is 0.667. The van der Waals surface area contributed by atoms with Gasteiger partial charge in [0.1, 0.15) is 18.5 Å². The first-order chi connectivity index (χ1) is 10.5. The van der Waals surface area contributed by atoms with Crippen LogP contribution in [0.4, 0.5) is 0 Å². The van der Waals surface area contributed by atoms with Gasteiger partial charge in [0.2, 0.25) is 11.8 Å². The molecule has 2 rings (SSSR count). The summed E-state index contributed by atoms with van der Waals surface area (Å²) < 4.78 is 7.15. The van der Waals surface area contributed by atoms with E-state index in [4.69, 9.17) is 4.74 Å². The summed E-state index contributed by atoms with van der Waals surface area (Å²) in [6.07, 6.45) is 5.46. The van der Waals surface area contributed by atoms with Gasteiger partial charge in [-0.05, 0) is 12.8 Å². The molecule has 0 spiro atoms. The van der Waals surface area contributed by atoms with Gasteiger partial charge in [0.15, 0.2) is 0 Å². The van der Waals surface area contributed by atoms with Crippen molar-refractivity contribution >= 4 is 11.8 Å². The van der Waals surface area contributed by atoms with Crippen LogP contribution in [-0.4, -0.2) is 52.6 Å². The molecule has 1 fully saturated rings. The van der Waals surface area contributed by atoms with Crippen LogP contribution in [0.2, 0.25) is 0 Å². The third-order valence-corrected chi connectivity index (χ3v) is 3.91. The predicted octanol–water partition coefficient (Wildman–Crippen LogP) is 0.625. The van der Waals surface area contributed by atoms with Gasteiger partial charge >= 0.3 is 0 Å². The normalized spacial score (nSPS) is 22.0. The van der Waals surface area contributed by atoms with E-state index < -0.39 is 0 Å². The average Bonchev–Trinajstić information content (AvgIpc) is 2.89. The van der Waals surface area contributed by atoms with Crippen LogP contribution in [0.1, 0.15) is 38.1 Å². The van der Waals surface area contributed by atoms with Crippen LogP contribution in [0.5, 0.6) is 0 Å². The van der Waals surface area contributed by atoms with Crippen molar-refractivity contribution in [2.75, 3.05) is 20.3 Å². The number of likely N-dealkylation sites (N-methyl/N-ethyl adjacent to an activating group) is 1. The number of piperidine rings is 1. The summed E-state index contributed by atoms with van der Waals surface area (Å²) in [5.41, 5.74) is 0. The van der Waals surface area contributed by atoms with Crippen molar-refractivity contribution in [2.24, 2.45) is 7.05 Å². The maximum atomic E-state index is 12.0. The van der Waals surface area contributed by atoms with Crippen molar-refractivity contribution in [3.63, 3.8) is 0 Å². The first kappa shape index (κ1) is 16.5. The van der Waals surface area contributed by atoms with Crippen molar-refractivity contribution in [2.45, 2.75) is 38.3 Å². The maximum absolute atomic E-state index is 12.0. The first-order valence-electron chi connectivity index (χ1n) is 7.64. The number of hydrogen-bond donors (Lipinski definition) is 1. The third kappa shape index (κ3) is 3.65. The molecule has 1 saturated heterocycles. The van der Waals surface area contributed by atoms with Crippen molar-refractivity contribution in [1.29, 1.82) is 0 Å². The van der Waals surface area contributed by atoms with E-state index in [1.54, 1.807) is 18.1 Å². The molecule has 1 aromatic heterocycles. The lowest BCUT2D eigenvalue weighted by molar-refractivity contribution is -0.138. The molecule has 2 amide bonds. The van der Waals surface area contributed by atoms with E-state index in [-0.39, 0.29) is 30.5 Å². The largest absolute Gasteiger partial charge is 0.372 e. The Morgan fingerprint density at radius 1 is 1.50 bits per heavy atom. The van der Waals surface area contributed by atoms with Gasteiger partial charge in [0.05, 0.1) is 6.04 Å². The molecule has 122 valence electrons. The fourth-order valence-electron chi connectivity index (χ4n) is 2.76. The van der Waals surface area contributed by atoms with E-state index in [0.717, 1.165) is 12.2 Å². The summed E-state index contributed by atoms with van der Waals surface area (Å²) in [7, 11) is 3.64. The quantitative estimate of drug-likeness (QED) is 0.782. The minimum absolute atomic E-state index is 0.0509. The highest BCUT2D eigenvalue weighted by molar-refractivity contribution is 5.80. The molecule has 7 heteroatoms. The lowest BCUT2D eigenvalue weighted by Crippen LogP contribution is -2.52. The van der Waals surface area contributed by atoms with E-state index in [0.29, 0.717) is 19.4 Å². The second-order valence-corrected chi connectivity index (χ2v) is 5.61. The molecule has 1 N–H and O–H groups in total. The molecule has 0 saturated carbocycles. The minimum Gasteiger partial charge on any atom is -0.372 e. The zero-order valence-corrected chi connectivity index (χ0v) is 13.4. The van der Waals surface area contributed by atoms with Crippen LogP contribution in [0, 0.1) is 0 Å². The Bertz CT molecular complexity index is 529. The number of carbonyl (C=O) groups excluding carboxylic acids is 2. The molecule has 22 heavy (non-hydrogen) atoms. The van der Waals surface area contributed by atoms with Gasteiger partial charge in [-0.3, -0.25) is 9.59 Å². The predicted molar refractivity (Wildman–Crippen MR) is 81.0 cm³/mol. The molecule has 0 aliphatic carbocycles. The number of nitrogens with one attached hydrogen (secondary N) is 1. The fourth-order valence-corrected chi connectivity index (χ4v) is 2.76. The monoisotopic (exact) mass is 308 g/mol. The smallest absolute Gasteiger partial charge is 0.246 e. The Morgan fingerprint density at radius 2 is 2.27 bits per heavy atom. The van der Waals surface area contributed by atoms with Crippen molar-refractivity contribution in [3.05, 3.63) is 18.2 Å². The zero-order valence-electron chi connectivity index (χ0n) is 13.4. The molecule has 7 nitrogen and oxygen atoms in total. The molecule has 0 aromatic carbocycles. The van der Waals surface area contributed by atoms with Gasteiger partial charge in [-0.1, -0.05) is 6.92 Å². The highest BCUT2D eigenvalue weighted by Gasteiger charge is 2.37. The van der Waals surface area contributed by atoms with Crippen LogP contribution < -0.4 is 5.32 Å². The highest BCUT2D eigenvalue weighted by Crippen LogP contribution is 2.29. The minimum atomic E-state index is -0.253. The lowest BCUT2D eigenvalue weighted by Gasteiger charge is -2.38. The van der Waals surface area contributed by atoms with Crippen LogP contribution >= 0.6 is 0 Å². The molecule has 0 bridgehead atoms. The lowest BCUT2D eigenvalue weighted by atomic mass is 9.95. The van der Waals surface area contributed by atoms with Gasteiger partial charge in [0, 0.05) is 39.5 Å². The number of aromatic nitrogens is 2. The van der Waals surface area contributed by atoms with Crippen molar-refractivity contribution < 1.29 is 14.3 Å². The number of aryl methyl sites for hydroxylation is 1. The number of likely N-dealkylation sites (tertiary alicyclic amines) is 1. The van der Waals surface area contributed by atoms with Crippen LogP contribution in [0.15, 0.2) is 12.4 Å². The van der Waals surface area contributed by atoms with Gasteiger partial charge in [-0.2, -0.15) is 0 Å². The third-order valence-electron chi connectivity index (χ3n) is 3.91. The summed E-state index contributed by atoms with van der Waals surface area (Å²) in [6.45, 7) is 2.62. The SMILES string of the molecule is CCCOCC(=O)N[C@@H]1CCC(=O)N(C)[C@H]1c1nccn1C. The Labute approximate surface area is 130 Å². The van der Waals surface area contributed by atoms with E-state index in [1.807, 2.05) is 24.7 Å². The van der Waals surface area contributed by atoms with Gasteiger partial charge in [-0.15, -0.1) is 0 Å². The Hall–Kier alpha value is -1.89. The molecule has 1 aliphatic heterocycles. The van der Waals surface area contributed by atoms with E-state index >= 15 is 0 Å². The average molecular weight is 308 g/mol. The van der Waals surface area contributed by atoms with Crippen LogP contribution in [0.25, 0.3) is 0 Å². The van der Waals surface area contributed by atoms with Gasteiger partial charge in [0.25, 0.3) is 0 Å². The molecule has 1 aliphatic rings. The number of imidazole rings is 1. The second kappa shape index (κ2) is 7.40.